The SMILES string of the molecule is Cc1ccccc1CNC(=O)COC(=O)/C(=C/c1cccs1)c1cccs1. The summed E-state index contributed by atoms with van der Waals surface area (Å²) >= 11 is 3.00. The zero-order valence-electron chi connectivity index (χ0n) is 14.8. The number of aryl methyl sites for hydroxylation is 1. The standard InChI is InChI=1S/C21H19NO3S2/c1-15-6-2-3-7-16(15)13-22-20(23)14-25-21(24)18(19-9-5-11-27-19)12-17-8-4-10-26-17/h2-12H,13-14H2,1H3,(H,22,23)/b18-12+. The lowest BCUT2D eigenvalue weighted by Crippen LogP contribution is -2.28. The van der Waals surface area contributed by atoms with Crippen LogP contribution >= 0.6 is 22.7 Å². The van der Waals surface area contributed by atoms with Gasteiger partial charge in [-0.15, -0.1) is 22.7 Å². The van der Waals surface area contributed by atoms with Gasteiger partial charge in [-0.3, -0.25) is 4.79 Å². The zero-order valence-corrected chi connectivity index (χ0v) is 16.4. The summed E-state index contributed by atoms with van der Waals surface area (Å²) in [4.78, 5) is 26.4. The van der Waals surface area contributed by atoms with Crippen LogP contribution in [-0.4, -0.2) is 18.5 Å². The summed E-state index contributed by atoms with van der Waals surface area (Å²) < 4.78 is 5.25. The summed E-state index contributed by atoms with van der Waals surface area (Å²) in [5.41, 5.74) is 2.60. The molecule has 1 amide bonds. The van der Waals surface area contributed by atoms with Crippen LogP contribution in [0.15, 0.2) is 59.3 Å². The van der Waals surface area contributed by atoms with Gasteiger partial charge in [-0.25, -0.2) is 4.79 Å². The summed E-state index contributed by atoms with van der Waals surface area (Å²) in [6.07, 6.45) is 1.80. The lowest BCUT2D eigenvalue weighted by Gasteiger charge is -2.09. The maximum absolute atomic E-state index is 12.5. The van der Waals surface area contributed by atoms with Crippen LogP contribution in [0, 0.1) is 6.92 Å². The highest BCUT2D eigenvalue weighted by Crippen LogP contribution is 2.25. The summed E-state index contributed by atoms with van der Waals surface area (Å²) in [5.74, 6) is -0.829. The van der Waals surface area contributed by atoms with Crippen molar-refractivity contribution in [3.63, 3.8) is 0 Å². The molecule has 0 aliphatic carbocycles. The molecule has 2 heterocycles. The molecule has 0 unspecified atom stereocenters. The van der Waals surface area contributed by atoms with Gasteiger partial charge in [-0.05, 0) is 47.0 Å². The fourth-order valence-corrected chi connectivity index (χ4v) is 3.83. The van der Waals surface area contributed by atoms with Crippen molar-refractivity contribution in [1.29, 1.82) is 0 Å². The summed E-state index contributed by atoms with van der Waals surface area (Å²) in [5, 5.41) is 6.63. The molecule has 6 heteroatoms. The molecular weight excluding hydrogens is 378 g/mol. The quantitative estimate of drug-likeness (QED) is 0.471. The Labute approximate surface area is 166 Å². The highest BCUT2D eigenvalue weighted by atomic mass is 32.1. The lowest BCUT2D eigenvalue weighted by atomic mass is 10.1. The second kappa shape index (κ2) is 9.30. The molecule has 0 saturated carbocycles. The largest absolute Gasteiger partial charge is 0.452 e. The van der Waals surface area contributed by atoms with Gasteiger partial charge in [0, 0.05) is 16.3 Å². The van der Waals surface area contributed by atoms with E-state index in [4.69, 9.17) is 4.74 Å². The van der Waals surface area contributed by atoms with Crippen LogP contribution in [0.4, 0.5) is 0 Å². The number of carbonyl (C=O) groups is 2. The van der Waals surface area contributed by atoms with E-state index in [-0.39, 0.29) is 12.5 Å². The lowest BCUT2D eigenvalue weighted by molar-refractivity contribution is -0.142. The number of rotatable bonds is 7. The van der Waals surface area contributed by atoms with Crippen molar-refractivity contribution in [2.24, 2.45) is 0 Å². The highest BCUT2D eigenvalue weighted by molar-refractivity contribution is 7.12. The van der Waals surface area contributed by atoms with Gasteiger partial charge in [-0.2, -0.15) is 0 Å². The molecule has 0 saturated heterocycles. The van der Waals surface area contributed by atoms with Gasteiger partial charge in [0.05, 0.1) is 5.57 Å². The summed E-state index contributed by atoms with van der Waals surface area (Å²) in [7, 11) is 0. The van der Waals surface area contributed by atoms with Crippen LogP contribution in [0.3, 0.4) is 0 Å². The third-order valence-corrected chi connectivity index (χ3v) is 5.63. The molecule has 3 aromatic rings. The van der Waals surface area contributed by atoms with E-state index in [1.54, 1.807) is 6.08 Å². The molecular formula is C21H19NO3S2. The third-order valence-electron chi connectivity index (χ3n) is 3.91. The normalized spacial score (nSPS) is 11.2. The molecule has 0 atom stereocenters. The van der Waals surface area contributed by atoms with Crippen molar-refractivity contribution in [2.75, 3.05) is 6.61 Å². The zero-order chi connectivity index (χ0) is 19.1. The number of amides is 1. The predicted molar refractivity (Wildman–Crippen MR) is 110 cm³/mol. The van der Waals surface area contributed by atoms with Gasteiger partial charge in [0.25, 0.3) is 5.91 Å². The second-order valence-electron chi connectivity index (χ2n) is 5.83. The second-order valence-corrected chi connectivity index (χ2v) is 7.76. The summed E-state index contributed by atoms with van der Waals surface area (Å²) in [6.45, 7) is 2.09. The molecule has 1 aromatic carbocycles. The van der Waals surface area contributed by atoms with Crippen LogP contribution in [0.5, 0.6) is 0 Å². The summed E-state index contributed by atoms with van der Waals surface area (Å²) in [6, 6.07) is 15.4. The Bertz CT molecular complexity index is 928. The minimum absolute atomic E-state index is 0.308. The van der Waals surface area contributed by atoms with Crippen LogP contribution in [0.2, 0.25) is 0 Å². The first-order chi connectivity index (χ1) is 13.1. The van der Waals surface area contributed by atoms with E-state index in [1.807, 2.05) is 66.2 Å². The van der Waals surface area contributed by atoms with Crippen molar-refractivity contribution < 1.29 is 14.3 Å². The first-order valence-corrected chi connectivity index (χ1v) is 10.2. The third kappa shape index (κ3) is 5.39. The predicted octanol–water partition coefficient (Wildman–Crippen LogP) is 4.52. The van der Waals surface area contributed by atoms with E-state index in [0.717, 1.165) is 20.9 Å². The molecule has 0 aliphatic heterocycles. The number of hydrogen-bond acceptors (Lipinski definition) is 5. The van der Waals surface area contributed by atoms with Crippen LogP contribution in [-0.2, 0) is 20.9 Å². The molecule has 27 heavy (non-hydrogen) atoms. The van der Waals surface area contributed by atoms with E-state index in [2.05, 4.69) is 5.32 Å². The molecule has 0 radical (unpaired) electrons. The van der Waals surface area contributed by atoms with Crippen molar-refractivity contribution in [2.45, 2.75) is 13.5 Å². The topological polar surface area (TPSA) is 55.4 Å². The molecule has 4 nitrogen and oxygen atoms in total. The van der Waals surface area contributed by atoms with E-state index in [0.29, 0.717) is 12.1 Å². The number of benzene rings is 1. The van der Waals surface area contributed by atoms with Gasteiger partial charge in [-0.1, -0.05) is 36.4 Å². The van der Waals surface area contributed by atoms with Crippen LogP contribution < -0.4 is 5.32 Å². The molecule has 0 bridgehead atoms. The molecule has 138 valence electrons. The smallest absolute Gasteiger partial charge is 0.340 e. The van der Waals surface area contributed by atoms with E-state index in [9.17, 15) is 9.59 Å². The minimum Gasteiger partial charge on any atom is -0.452 e. The van der Waals surface area contributed by atoms with Crippen LogP contribution in [0.1, 0.15) is 20.9 Å². The van der Waals surface area contributed by atoms with Gasteiger partial charge in [0.2, 0.25) is 0 Å². The van der Waals surface area contributed by atoms with E-state index >= 15 is 0 Å². The Kier molecular flexibility index (Phi) is 6.57. The number of thiophene rings is 2. The van der Waals surface area contributed by atoms with Gasteiger partial charge in [0.15, 0.2) is 6.61 Å². The number of esters is 1. The average molecular weight is 398 g/mol. The fourth-order valence-electron chi connectivity index (χ4n) is 2.44. The Balaban J connectivity index is 1.59. The first-order valence-electron chi connectivity index (χ1n) is 8.41. The molecule has 0 fully saturated rings. The Hall–Kier alpha value is -2.70. The number of hydrogen-bond donors (Lipinski definition) is 1. The van der Waals surface area contributed by atoms with Gasteiger partial charge < -0.3 is 10.1 Å². The maximum Gasteiger partial charge on any atom is 0.340 e. The van der Waals surface area contributed by atoms with Crippen LogP contribution in [0.25, 0.3) is 11.6 Å². The number of carbonyl (C=O) groups excluding carboxylic acids is 2. The van der Waals surface area contributed by atoms with Crippen molar-refractivity contribution >= 4 is 46.2 Å². The minimum atomic E-state index is -0.503. The van der Waals surface area contributed by atoms with Crippen molar-refractivity contribution in [1.82, 2.24) is 5.32 Å². The highest BCUT2D eigenvalue weighted by Gasteiger charge is 2.16. The molecule has 1 N–H and O–H groups in total. The van der Waals surface area contributed by atoms with Gasteiger partial charge in [0.1, 0.15) is 0 Å². The maximum atomic E-state index is 12.5. The molecule has 3 rings (SSSR count). The fraction of sp³-hybridized carbons (Fsp3) is 0.143. The number of ether oxygens (including phenoxy) is 1. The van der Waals surface area contributed by atoms with Crippen molar-refractivity contribution in [3.8, 4) is 0 Å². The van der Waals surface area contributed by atoms with Gasteiger partial charge >= 0.3 is 5.97 Å². The Morgan fingerprint density at radius 3 is 2.52 bits per heavy atom. The average Bonchev–Trinajstić information content (AvgIpc) is 3.37. The molecule has 0 spiro atoms. The monoisotopic (exact) mass is 397 g/mol. The number of nitrogens with one attached hydrogen (secondary N) is 1. The molecule has 2 aromatic heterocycles. The molecule has 0 aliphatic rings. The first kappa shape index (κ1) is 19.1. The Morgan fingerprint density at radius 1 is 1.04 bits per heavy atom. The van der Waals surface area contributed by atoms with Crippen molar-refractivity contribution in [3.05, 3.63) is 80.2 Å². The Morgan fingerprint density at radius 2 is 1.81 bits per heavy atom. The van der Waals surface area contributed by atoms with E-state index in [1.165, 1.54) is 22.7 Å². The van der Waals surface area contributed by atoms with E-state index < -0.39 is 5.97 Å².